The van der Waals surface area contributed by atoms with Crippen molar-refractivity contribution >= 4 is 11.7 Å². The Morgan fingerprint density at radius 2 is 1.84 bits per heavy atom. The summed E-state index contributed by atoms with van der Waals surface area (Å²) in [5, 5.41) is 8.95. The van der Waals surface area contributed by atoms with Crippen molar-refractivity contribution in [2.45, 2.75) is 20.8 Å². The van der Waals surface area contributed by atoms with Crippen molar-refractivity contribution in [3.05, 3.63) is 29.8 Å². The number of aliphatic carboxylic acids is 1. The second-order valence-electron chi connectivity index (χ2n) is 5.14. The average molecular weight is 271 g/mol. The first-order valence-corrected chi connectivity index (χ1v) is 6.24. The molecule has 0 aliphatic rings. The van der Waals surface area contributed by atoms with Crippen LogP contribution in [0.1, 0.15) is 20.8 Å². The zero-order valence-corrected chi connectivity index (χ0v) is 11.4. The minimum Gasteiger partial charge on any atom is -0.481 e. The highest BCUT2D eigenvalue weighted by Gasteiger charge is 2.18. The summed E-state index contributed by atoms with van der Waals surface area (Å²) in [6.45, 7) is 6.41. The van der Waals surface area contributed by atoms with Crippen molar-refractivity contribution in [3.8, 4) is 0 Å². The van der Waals surface area contributed by atoms with Crippen LogP contribution in [-0.4, -0.2) is 24.2 Å². The van der Waals surface area contributed by atoms with Crippen LogP contribution in [0.3, 0.4) is 0 Å². The fourth-order valence-electron chi connectivity index (χ4n) is 1.82. The van der Waals surface area contributed by atoms with Gasteiger partial charge in [0.05, 0.1) is 5.92 Å². The Bertz CT molecular complexity index is 449. The number of benzene rings is 1. The molecule has 0 aromatic heterocycles. The van der Waals surface area contributed by atoms with Crippen LogP contribution in [0.25, 0.3) is 0 Å². The third-order valence-electron chi connectivity index (χ3n) is 2.77. The number of carbonyl (C=O) groups is 1. The van der Waals surface area contributed by atoms with E-state index in [1.54, 1.807) is 11.8 Å². The summed E-state index contributed by atoms with van der Waals surface area (Å²) in [7, 11) is 0. The molecular formula is C14H19F2NO2. The maximum atomic E-state index is 13.3. The van der Waals surface area contributed by atoms with Gasteiger partial charge in [-0.1, -0.05) is 20.8 Å². The monoisotopic (exact) mass is 271 g/mol. The second-order valence-corrected chi connectivity index (χ2v) is 5.14. The molecule has 1 N–H and O–H groups in total. The van der Waals surface area contributed by atoms with E-state index >= 15 is 0 Å². The number of halogens is 2. The summed E-state index contributed by atoms with van der Waals surface area (Å²) in [5.41, 5.74) is 0.501. The zero-order valence-electron chi connectivity index (χ0n) is 11.4. The molecule has 0 radical (unpaired) electrons. The van der Waals surface area contributed by atoms with E-state index in [2.05, 4.69) is 0 Å². The van der Waals surface area contributed by atoms with Gasteiger partial charge in [-0.05, 0) is 18.1 Å². The Hall–Kier alpha value is -1.65. The molecule has 0 heterocycles. The molecule has 0 saturated heterocycles. The van der Waals surface area contributed by atoms with Crippen LogP contribution in [0.5, 0.6) is 0 Å². The minimum absolute atomic E-state index is 0.262. The lowest BCUT2D eigenvalue weighted by Gasteiger charge is -2.28. The number of carboxylic acid groups (broad SMARTS) is 1. The topological polar surface area (TPSA) is 40.5 Å². The summed E-state index contributed by atoms with van der Waals surface area (Å²) in [6, 6.07) is 3.63. The van der Waals surface area contributed by atoms with Gasteiger partial charge in [0.15, 0.2) is 11.6 Å². The summed E-state index contributed by atoms with van der Waals surface area (Å²) in [6.07, 6.45) is 0. The van der Waals surface area contributed by atoms with E-state index in [9.17, 15) is 13.6 Å². The molecule has 106 valence electrons. The molecule has 0 bridgehead atoms. The van der Waals surface area contributed by atoms with Crippen molar-refractivity contribution in [1.29, 1.82) is 0 Å². The number of hydrogen-bond acceptors (Lipinski definition) is 2. The van der Waals surface area contributed by atoms with E-state index < -0.39 is 23.5 Å². The number of hydrogen-bond donors (Lipinski definition) is 1. The molecule has 1 unspecified atom stereocenters. The molecule has 0 aliphatic carbocycles. The van der Waals surface area contributed by atoms with Gasteiger partial charge in [0.1, 0.15) is 0 Å². The smallest absolute Gasteiger partial charge is 0.308 e. The first-order chi connectivity index (χ1) is 8.81. The van der Waals surface area contributed by atoms with Gasteiger partial charge in [-0.2, -0.15) is 0 Å². The van der Waals surface area contributed by atoms with Crippen LogP contribution in [-0.2, 0) is 4.79 Å². The molecule has 5 heteroatoms. The summed E-state index contributed by atoms with van der Waals surface area (Å²) >= 11 is 0. The molecular weight excluding hydrogens is 252 g/mol. The molecule has 3 nitrogen and oxygen atoms in total. The van der Waals surface area contributed by atoms with Crippen LogP contribution >= 0.6 is 0 Å². The summed E-state index contributed by atoms with van der Waals surface area (Å²) in [5.74, 6) is -3.02. The van der Waals surface area contributed by atoms with E-state index in [0.717, 1.165) is 12.1 Å². The molecule has 1 rings (SSSR count). The largest absolute Gasteiger partial charge is 0.481 e. The standard InChI is InChI=1S/C14H19F2NO2/c1-9(2)7-17(8-10(3)14(18)19)11-4-5-12(15)13(16)6-11/h4-6,9-10H,7-8H2,1-3H3,(H,18,19). The Labute approximate surface area is 111 Å². The number of anilines is 1. The lowest BCUT2D eigenvalue weighted by Crippen LogP contribution is -2.34. The van der Waals surface area contributed by atoms with Crippen LogP contribution in [0.2, 0.25) is 0 Å². The van der Waals surface area contributed by atoms with Gasteiger partial charge in [0.2, 0.25) is 0 Å². The molecule has 0 spiro atoms. The molecule has 1 aromatic carbocycles. The first-order valence-electron chi connectivity index (χ1n) is 6.24. The zero-order chi connectivity index (χ0) is 14.6. The lowest BCUT2D eigenvalue weighted by atomic mass is 10.1. The minimum atomic E-state index is -0.922. The molecule has 1 atom stereocenters. The van der Waals surface area contributed by atoms with Crippen LogP contribution in [0, 0.1) is 23.5 Å². The van der Waals surface area contributed by atoms with E-state index in [0.29, 0.717) is 12.2 Å². The van der Waals surface area contributed by atoms with Crippen LogP contribution in [0.15, 0.2) is 18.2 Å². The Morgan fingerprint density at radius 1 is 1.21 bits per heavy atom. The second kappa shape index (κ2) is 6.50. The SMILES string of the molecule is CC(C)CN(CC(C)C(=O)O)c1ccc(F)c(F)c1. The number of carboxylic acids is 1. The van der Waals surface area contributed by atoms with E-state index in [4.69, 9.17) is 5.11 Å². The lowest BCUT2D eigenvalue weighted by molar-refractivity contribution is -0.140. The highest BCUT2D eigenvalue weighted by atomic mass is 19.2. The fraction of sp³-hybridized carbons (Fsp3) is 0.500. The summed E-state index contributed by atoms with van der Waals surface area (Å²) < 4.78 is 26.2. The molecule has 0 saturated carbocycles. The quantitative estimate of drug-likeness (QED) is 0.864. The van der Waals surface area contributed by atoms with Gasteiger partial charge in [-0.15, -0.1) is 0 Å². The van der Waals surface area contributed by atoms with Gasteiger partial charge < -0.3 is 10.0 Å². The average Bonchev–Trinajstić information content (AvgIpc) is 2.31. The van der Waals surface area contributed by atoms with E-state index in [1.807, 2.05) is 13.8 Å². The maximum absolute atomic E-state index is 13.3. The van der Waals surface area contributed by atoms with Gasteiger partial charge in [0.25, 0.3) is 0 Å². The highest BCUT2D eigenvalue weighted by Crippen LogP contribution is 2.20. The van der Waals surface area contributed by atoms with Gasteiger partial charge in [0, 0.05) is 24.8 Å². The van der Waals surface area contributed by atoms with Gasteiger partial charge in [-0.25, -0.2) is 8.78 Å². The highest BCUT2D eigenvalue weighted by molar-refractivity contribution is 5.70. The molecule has 0 amide bonds. The number of nitrogens with zero attached hydrogens (tertiary/aromatic N) is 1. The summed E-state index contributed by atoms with van der Waals surface area (Å²) in [4.78, 5) is 12.7. The van der Waals surface area contributed by atoms with Crippen LogP contribution < -0.4 is 4.90 Å². The van der Waals surface area contributed by atoms with Crippen molar-refractivity contribution in [2.24, 2.45) is 11.8 Å². The predicted octanol–water partition coefficient (Wildman–Crippen LogP) is 3.15. The Kier molecular flexibility index (Phi) is 5.27. The van der Waals surface area contributed by atoms with Crippen molar-refractivity contribution in [3.63, 3.8) is 0 Å². The van der Waals surface area contributed by atoms with Crippen molar-refractivity contribution in [1.82, 2.24) is 0 Å². The number of rotatable bonds is 6. The van der Waals surface area contributed by atoms with E-state index in [1.165, 1.54) is 6.07 Å². The molecule has 0 fully saturated rings. The normalized spacial score (nSPS) is 12.5. The van der Waals surface area contributed by atoms with Gasteiger partial charge >= 0.3 is 5.97 Å². The molecule has 0 aliphatic heterocycles. The fourth-order valence-corrected chi connectivity index (χ4v) is 1.82. The molecule has 1 aromatic rings. The van der Waals surface area contributed by atoms with Gasteiger partial charge in [-0.3, -0.25) is 4.79 Å². The predicted molar refractivity (Wildman–Crippen MR) is 70.2 cm³/mol. The Morgan fingerprint density at radius 3 is 2.32 bits per heavy atom. The molecule has 19 heavy (non-hydrogen) atoms. The third-order valence-corrected chi connectivity index (χ3v) is 2.77. The van der Waals surface area contributed by atoms with Crippen molar-refractivity contribution in [2.75, 3.05) is 18.0 Å². The Balaban J connectivity index is 2.95. The van der Waals surface area contributed by atoms with Crippen LogP contribution in [0.4, 0.5) is 14.5 Å². The van der Waals surface area contributed by atoms with E-state index in [-0.39, 0.29) is 12.5 Å². The van der Waals surface area contributed by atoms with Crippen molar-refractivity contribution < 1.29 is 18.7 Å². The first kappa shape index (κ1) is 15.4. The third kappa shape index (κ3) is 4.50. The maximum Gasteiger partial charge on any atom is 0.308 e.